The number of hydrogen-bond acceptors (Lipinski definition) is 4. The van der Waals surface area contributed by atoms with Gasteiger partial charge >= 0.3 is 0 Å². The average molecular weight is 760 g/mol. The van der Waals surface area contributed by atoms with Gasteiger partial charge in [0.2, 0.25) is 0 Å². The van der Waals surface area contributed by atoms with Gasteiger partial charge in [-0.3, -0.25) is 4.98 Å². The molecule has 1 N–H and O–H groups in total. The molecule has 218 valence electrons. The maximum absolute atomic E-state index is 11.1. The first-order valence-electron chi connectivity index (χ1n) is 14.6. The summed E-state index contributed by atoms with van der Waals surface area (Å²) >= 11 is 0. The minimum Gasteiger partial charge on any atom is -0.507 e. The third-order valence-electron chi connectivity index (χ3n) is 8.14. The van der Waals surface area contributed by atoms with Crippen molar-refractivity contribution < 1.29 is 26.2 Å². The molecule has 0 spiro atoms. The van der Waals surface area contributed by atoms with Gasteiger partial charge in [-0.2, -0.15) is 10.2 Å². The topological polar surface area (TPSA) is 58.9 Å². The first-order valence-corrected chi connectivity index (χ1v) is 14.6. The second-order valence-corrected chi connectivity index (χ2v) is 11.2. The molecule has 2 heterocycles. The van der Waals surface area contributed by atoms with Gasteiger partial charge in [0.15, 0.2) is 0 Å². The Morgan fingerprint density at radius 3 is 1.91 bits per heavy atom. The van der Waals surface area contributed by atoms with Gasteiger partial charge in [0.05, 0.1) is 11.2 Å². The minimum absolute atomic E-state index is 0. The molecular formula is C40H26N3OPt-. The normalized spacial score (nSPS) is 11.1. The molecule has 0 fully saturated rings. The van der Waals surface area contributed by atoms with Crippen molar-refractivity contribution in [2.24, 2.45) is 0 Å². The Morgan fingerprint density at radius 1 is 0.511 bits per heavy atom. The van der Waals surface area contributed by atoms with Crippen molar-refractivity contribution in [3.63, 3.8) is 0 Å². The van der Waals surface area contributed by atoms with Gasteiger partial charge in [-0.05, 0) is 75.8 Å². The molecule has 5 heteroatoms. The van der Waals surface area contributed by atoms with Gasteiger partial charge in [0.1, 0.15) is 5.75 Å². The average Bonchev–Trinajstić information content (AvgIpc) is 3.07. The number of aromatic nitrogens is 3. The zero-order valence-corrected chi connectivity index (χ0v) is 26.6. The van der Waals surface area contributed by atoms with E-state index >= 15 is 0 Å². The van der Waals surface area contributed by atoms with Crippen LogP contribution in [0.5, 0.6) is 5.75 Å². The number of aryl methyl sites for hydroxylation is 1. The number of phenolic OH excluding ortho intramolecular Hbond substituents is 1. The summed E-state index contributed by atoms with van der Waals surface area (Å²) in [6, 6.07) is 48.6. The second-order valence-electron chi connectivity index (χ2n) is 11.2. The summed E-state index contributed by atoms with van der Waals surface area (Å²) in [5.74, 6) is 0.196. The molecular weight excluding hydrogens is 734 g/mol. The number of pyridine rings is 1. The van der Waals surface area contributed by atoms with Crippen LogP contribution in [0.15, 0.2) is 133 Å². The number of aromatic hydroxyl groups is 1. The Morgan fingerprint density at radius 2 is 1.16 bits per heavy atom. The number of nitrogens with zero attached hydrogens (tertiary/aromatic N) is 3. The third-order valence-corrected chi connectivity index (χ3v) is 8.14. The Balaban J connectivity index is 0.00000325. The van der Waals surface area contributed by atoms with Crippen LogP contribution >= 0.6 is 0 Å². The minimum atomic E-state index is 0. The number of fused-ring (bicyclic) bond motifs is 3. The van der Waals surface area contributed by atoms with Crippen molar-refractivity contribution in [3.05, 3.63) is 145 Å². The maximum atomic E-state index is 11.1. The van der Waals surface area contributed by atoms with Crippen LogP contribution in [0.4, 0.5) is 0 Å². The van der Waals surface area contributed by atoms with E-state index in [1.54, 1.807) is 0 Å². The van der Waals surface area contributed by atoms with Crippen molar-refractivity contribution in [2.45, 2.75) is 6.92 Å². The molecule has 0 saturated heterocycles. The summed E-state index contributed by atoms with van der Waals surface area (Å²) in [4.78, 5) is 5.05. The number of phenols is 1. The number of hydrogen-bond donors (Lipinski definition) is 1. The fraction of sp³-hybridized carbons (Fsp3) is 0.0250. The van der Waals surface area contributed by atoms with Crippen LogP contribution in [0.3, 0.4) is 0 Å². The smallest absolute Gasteiger partial charge is 0.125 e. The quantitative estimate of drug-likeness (QED) is 0.144. The standard InChI is InChI=1S/C40H26N3O.Pt/c1-25-13-15-26(16-14-25)30-19-33(21-34(20-30)39-23-29-9-4-5-10-37(29)42-43-39)36-11-6-12-38(41-36)35-22-31-17-27-7-2-3-8-28(27)18-32(31)24-40(35)44;/h2-20,22-24,44H,1H3;/q-1;. The van der Waals surface area contributed by atoms with E-state index < -0.39 is 0 Å². The van der Waals surface area contributed by atoms with Gasteiger partial charge in [0, 0.05) is 38.0 Å². The Bertz CT molecular complexity index is 2370. The summed E-state index contributed by atoms with van der Waals surface area (Å²) in [7, 11) is 0. The molecule has 2 aromatic heterocycles. The van der Waals surface area contributed by atoms with E-state index in [0.717, 1.165) is 66.1 Å². The van der Waals surface area contributed by atoms with Crippen molar-refractivity contribution in [1.82, 2.24) is 15.2 Å². The Kier molecular flexibility index (Phi) is 7.45. The predicted molar refractivity (Wildman–Crippen MR) is 179 cm³/mol. The molecule has 45 heavy (non-hydrogen) atoms. The van der Waals surface area contributed by atoms with Crippen molar-refractivity contribution in [2.75, 3.05) is 0 Å². The molecule has 8 aromatic rings. The summed E-state index contributed by atoms with van der Waals surface area (Å²) in [5, 5.41) is 25.5. The molecule has 0 atom stereocenters. The van der Waals surface area contributed by atoms with Crippen molar-refractivity contribution in [3.8, 4) is 50.6 Å². The summed E-state index contributed by atoms with van der Waals surface area (Å²) in [6.07, 6.45) is 0. The van der Waals surface area contributed by atoms with Crippen LogP contribution in [0.1, 0.15) is 5.56 Å². The molecule has 0 saturated carbocycles. The molecule has 0 amide bonds. The van der Waals surface area contributed by atoms with Crippen LogP contribution in [0, 0.1) is 13.0 Å². The zero-order valence-electron chi connectivity index (χ0n) is 24.3. The molecule has 6 aromatic carbocycles. The summed E-state index contributed by atoms with van der Waals surface area (Å²) < 4.78 is 0. The summed E-state index contributed by atoms with van der Waals surface area (Å²) in [5.41, 5.74) is 8.73. The Labute approximate surface area is 275 Å². The first kappa shape index (κ1) is 28.6. The van der Waals surface area contributed by atoms with Gasteiger partial charge in [-0.1, -0.05) is 107 Å². The molecule has 0 aliphatic heterocycles. The molecule has 0 unspecified atom stereocenters. The van der Waals surface area contributed by atoms with E-state index in [-0.39, 0.29) is 26.8 Å². The van der Waals surface area contributed by atoms with Crippen molar-refractivity contribution >= 4 is 32.4 Å². The Hall–Kier alpha value is -5.18. The van der Waals surface area contributed by atoms with E-state index in [1.165, 1.54) is 5.56 Å². The monoisotopic (exact) mass is 759 g/mol. The van der Waals surface area contributed by atoms with E-state index in [0.29, 0.717) is 11.3 Å². The largest absolute Gasteiger partial charge is 0.507 e. The van der Waals surface area contributed by atoms with Crippen LogP contribution in [-0.2, 0) is 21.1 Å². The molecule has 4 nitrogen and oxygen atoms in total. The van der Waals surface area contributed by atoms with Gasteiger partial charge < -0.3 is 5.11 Å². The van der Waals surface area contributed by atoms with Crippen molar-refractivity contribution in [1.29, 1.82) is 0 Å². The van der Waals surface area contributed by atoms with Crippen LogP contribution in [0.2, 0.25) is 0 Å². The van der Waals surface area contributed by atoms with Crippen LogP contribution < -0.4 is 0 Å². The zero-order chi connectivity index (χ0) is 29.6. The van der Waals surface area contributed by atoms with Gasteiger partial charge in [-0.15, -0.1) is 18.2 Å². The molecule has 0 aliphatic rings. The van der Waals surface area contributed by atoms with Gasteiger partial charge in [-0.25, -0.2) is 0 Å². The van der Waals surface area contributed by atoms with E-state index in [1.807, 2.05) is 66.7 Å². The fourth-order valence-corrected chi connectivity index (χ4v) is 5.79. The van der Waals surface area contributed by atoms with Crippen LogP contribution in [-0.4, -0.2) is 20.3 Å². The molecule has 0 aliphatic carbocycles. The molecule has 8 rings (SSSR count). The maximum Gasteiger partial charge on any atom is 0.125 e. The number of benzene rings is 6. The predicted octanol–water partition coefficient (Wildman–Crippen LogP) is 9.81. The number of rotatable bonds is 4. The molecule has 0 bridgehead atoms. The SMILES string of the molecule is Cc1ccc(-c2cc(-c3cc4ccccc4nn3)[c-]c(-c3cccc(-c4cc5cc6ccccc6cc5cc4O)n3)c2)cc1.[Pt]. The third kappa shape index (κ3) is 5.50. The van der Waals surface area contributed by atoms with Gasteiger partial charge in [0.25, 0.3) is 0 Å². The summed E-state index contributed by atoms with van der Waals surface area (Å²) in [6.45, 7) is 2.09. The van der Waals surface area contributed by atoms with E-state index in [2.05, 4.69) is 89.9 Å². The second kappa shape index (κ2) is 11.7. The fourth-order valence-electron chi connectivity index (χ4n) is 5.79. The van der Waals surface area contributed by atoms with Crippen LogP contribution in [0.25, 0.3) is 77.3 Å². The van der Waals surface area contributed by atoms with E-state index in [4.69, 9.17) is 4.98 Å². The van der Waals surface area contributed by atoms with E-state index in [9.17, 15) is 5.11 Å². The first-order chi connectivity index (χ1) is 21.6. The molecule has 0 radical (unpaired) electrons.